The number of halogens is 1. The predicted octanol–water partition coefficient (Wildman–Crippen LogP) is 5.72. The first kappa shape index (κ1) is 27.1. The number of amidine groups is 1. The van der Waals surface area contributed by atoms with Crippen molar-refractivity contribution in [3.05, 3.63) is 95.9 Å². The molecule has 4 rings (SSSR count). The lowest BCUT2D eigenvalue weighted by atomic mass is 10.1. The number of aromatic carboxylic acids is 1. The summed E-state index contributed by atoms with van der Waals surface area (Å²) in [5.41, 5.74) is 2.02. The molecule has 3 aromatic rings. The van der Waals surface area contributed by atoms with Crippen LogP contribution < -0.4 is 9.47 Å². The second kappa shape index (κ2) is 11.6. The number of nitro benzene ring substituents is 1. The Balaban J connectivity index is 1.55. The van der Waals surface area contributed by atoms with Crippen LogP contribution in [0.3, 0.4) is 0 Å². The Morgan fingerprint density at radius 1 is 1.21 bits per heavy atom. The number of benzene rings is 3. The minimum Gasteiger partial charge on any atom is -0.493 e. The van der Waals surface area contributed by atoms with Gasteiger partial charge in [0.2, 0.25) is 0 Å². The van der Waals surface area contributed by atoms with Crippen LogP contribution in [-0.4, -0.2) is 46.1 Å². The molecule has 0 radical (unpaired) electrons. The van der Waals surface area contributed by atoms with Crippen molar-refractivity contribution < 1.29 is 29.1 Å². The lowest BCUT2D eigenvalue weighted by Crippen LogP contribution is -2.23. The van der Waals surface area contributed by atoms with Crippen molar-refractivity contribution in [3.63, 3.8) is 0 Å². The lowest BCUT2D eigenvalue weighted by molar-refractivity contribution is -0.384. The van der Waals surface area contributed by atoms with Gasteiger partial charge in [0.1, 0.15) is 6.61 Å². The summed E-state index contributed by atoms with van der Waals surface area (Å²) in [7, 11) is 3.12. The number of likely N-dealkylation sites (N-methyl/N-ethyl adjacent to an activating group) is 1. The number of carboxylic acids is 1. The van der Waals surface area contributed by atoms with Crippen molar-refractivity contribution in [1.29, 1.82) is 0 Å². The molecule has 0 aromatic heterocycles. The summed E-state index contributed by atoms with van der Waals surface area (Å²) < 4.78 is 12.2. The first-order chi connectivity index (χ1) is 18.2. The van der Waals surface area contributed by atoms with E-state index >= 15 is 0 Å². The van der Waals surface area contributed by atoms with Gasteiger partial charge in [0, 0.05) is 19.2 Å². The number of nitro groups is 1. The average molecular weight is 645 g/mol. The number of thioether (sulfide) groups is 1. The van der Waals surface area contributed by atoms with E-state index in [-0.39, 0.29) is 23.8 Å². The summed E-state index contributed by atoms with van der Waals surface area (Å²) in [5.74, 6) is -0.319. The Bertz CT molecular complexity index is 1490. The molecule has 38 heavy (non-hydrogen) atoms. The molecule has 0 aliphatic carbocycles. The fourth-order valence-corrected chi connectivity index (χ4v) is 5.22. The first-order valence-electron chi connectivity index (χ1n) is 11.0. The molecule has 1 aliphatic rings. The van der Waals surface area contributed by atoms with E-state index in [0.717, 1.165) is 9.13 Å². The Hall–Kier alpha value is -3.91. The van der Waals surface area contributed by atoms with Gasteiger partial charge in [-0.05, 0) is 94.0 Å². The van der Waals surface area contributed by atoms with Gasteiger partial charge in [-0.25, -0.2) is 9.79 Å². The van der Waals surface area contributed by atoms with E-state index in [4.69, 9.17) is 9.47 Å². The quantitative estimate of drug-likeness (QED) is 0.143. The summed E-state index contributed by atoms with van der Waals surface area (Å²) in [6, 6.07) is 15.9. The molecule has 1 amide bonds. The van der Waals surface area contributed by atoms with E-state index in [1.807, 2.05) is 6.07 Å². The fraction of sp³-hybridized carbons (Fsp3) is 0.115. The molecular weight excluding hydrogens is 625 g/mol. The summed E-state index contributed by atoms with van der Waals surface area (Å²) in [6.45, 7) is 0.187. The van der Waals surface area contributed by atoms with Gasteiger partial charge in [0.15, 0.2) is 16.7 Å². The third-order valence-corrected chi connectivity index (χ3v) is 7.26. The van der Waals surface area contributed by atoms with Crippen LogP contribution >= 0.6 is 34.4 Å². The van der Waals surface area contributed by atoms with Crippen molar-refractivity contribution in [1.82, 2.24) is 4.90 Å². The molecule has 0 saturated carbocycles. The zero-order valence-corrected chi connectivity index (χ0v) is 23.1. The number of ether oxygens (including phenoxy) is 2. The molecule has 194 valence electrons. The summed E-state index contributed by atoms with van der Waals surface area (Å²) in [5, 5.41) is 20.5. The molecule has 1 heterocycles. The lowest BCUT2D eigenvalue weighted by Gasteiger charge is -2.14. The highest BCUT2D eigenvalue weighted by Crippen LogP contribution is 2.38. The molecule has 12 heteroatoms. The largest absolute Gasteiger partial charge is 0.493 e. The zero-order valence-electron chi connectivity index (χ0n) is 20.1. The van der Waals surface area contributed by atoms with Crippen LogP contribution in [0.4, 0.5) is 11.4 Å². The van der Waals surface area contributed by atoms with E-state index in [0.29, 0.717) is 32.8 Å². The molecule has 3 aromatic carbocycles. The summed E-state index contributed by atoms with van der Waals surface area (Å²) in [4.78, 5) is 40.8. The highest BCUT2D eigenvalue weighted by molar-refractivity contribution is 14.1. The average Bonchev–Trinajstić information content (AvgIpc) is 3.15. The number of aliphatic imine (C=N–C) groups is 1. The molecule has 1 N–H and O–H groups in total. The minimum absolute atomic E-state index is 0.00487. The normalized spacial score (nSPS) is 15.2. The van der Waals surface area contributed by atoms with Crippen LogP contribution in [0.15, 0.2) is 70.6 Å². The van der Waals surface area contributed by atoms with E-state index in [2.05, 4.69) is 27.6 Å². The number of hydrogen-bond acceptors (Lipinski definition) is 8. The maximum atomic E-state index is 12.9. The molecule has 0 unspecified atom stereocenters. The van der Waals surface area contributed by atoms with Crippen molar-refractivity contribution in [2.75, 3.05) is 14.2 Å². The molecular formula is C26H20IN3O7S. The van der Waals surface area contributed by atoms with E-state index in [1.165, 1.54) is 48.0 Å². The topological polar surface area (TPSA) is 132 Å². The van der Waals surface area contributed by atoms with Gasteiger partial charge < -0.3 is 14.6 Å². The molecule has 0 atom stereocenters. The third kappa shape index (κ3) is 6.14. The van der Waals surface area contributed by atoms with Crippen LogP contribution in [-0.2, 0) is 11.4 Å². The van der Waals surface area contributed by atoms with E-state index < -0.39 is 10.9 Å². The van der Waals surface area contributed by atoms with Crippen LogP contribution in [0.1, 0.15) is 21.5 Å². The number of non-ortho nitro benzene ring substituents is 1. The van der Waals surface area contributed by atoms with Gasteiger partial charge in [-0.2, -0.15) is 0 Å². The third-order valence-electron chi connectivity index (χ3n) is 5.40. The number of carbonyl (C=O) groups is 2. The molecule has 0 bridgehead atoms. The van der Waals surface area contributed by atoms with Gasteiger partial charge >= 0.3 is 5.97 Å². The number of methoxy groups -OCH3 is 1. The van der Waals surface area contributed by atoms with Crippen molar-refractivity contribution >= 4 is 68.8 Å². The SMILES string of the molecule is COc1cc(C=C2SC(=Nc3cccc(C(=O)O)c3)N(C)C2=O)cc(I)c1OCc1ccc([N+](=O)[O-])cc1. The van der Waals surface area contributed by atoms with Crippen LogP contribution in [0, 0.1) is 13.7 Å². The van der Waals surface area contributed by atoms with E-state index in [1.54, 1.807) is 43.5 Å². The number of carboxylic acid groups (broad SMARTS) is 1. The highest BCUT2D eigenvalue weighted by atomic mass is 127. The van der Waals surface area contributed by atoms with Crippen molar-refractivity contribution in [3.8, 4) is 11.5 Å². The van der Waals surface area contributed by atoms with Gasteiger partial charge in [0.05, 0.1) is 31.8 Å². The Morgan fingerprint density at radius 2 is 1.95 bits per heavy atom. The fourth-order valence-electron chi connectivity index (χ4n) is 3.45. The molecule has 1 saturated heterocycles. The van der Waals surface area contributed by atoms with Gasteiger partial charge in [-0.1, -0.05) is 6.07 Å². The monoisotopic (exact) mass is 645 g/mol. The van der Waals surface area contributed by atoms with Gasteiger partial charge in [-0.3, -0.25) is 19.8 Å². The highest BCUT2D eigenvalue weighted by Gasteiger charge is 2.30. The minimum atomic E-state index is -1.06. The van der Waals surface area contributed by atoms with E-state index in [9.17, 15) is 24.8 Å². The number of carbonyl (C=O) groups excluding carboxylic acids is 1. The number of nitrogens with zero attached hydrogens (tertiary/aromatic N) is 3. The Labute approximate surface area is 235 Å². The van der Waals surface area contributed by atoms with Gasteiger partial charge in [0.25, 0.3) is 11.6 Å². The first-order valence-corrected chi connectivity index (χ1v) is 12.9. The zero-order chi connectivity index (χ0) is 27.4. The smallest absolute Gasteiger partial charge is 0.335 e. The predicted molar refractivity (Wildman–Crippen MR) is 152 cm³/mol. The summed E-state index contributed by atoms with van der Waals surface area (Å²) >= 11 is 3.30. The summed E-state index contributed by atoms with van der Waals surface area (Å²) in [6.07, 6.45) is 1.73. The molecule has 1 fully saturated rings. The maximum absolute atomic E-state index is 12.9. The molecule has 0 spiro atoms. The number of rotatable bonds is 8. The van der Waals surface area contributed by atoms with Crippen LogP contribution in [0.25, 0.3) is 6.08 Å². The van der Waals surface area contributed by atoms with Crippen molar-refractivity contribution in [2.24, 2.45) is 4.99 Å². The number of hydrogen-bond donors (Lipinski definition) is 1. The second-order valence-corrected chi connectivity index (χ2v) is 10.1. The van der Waals surface area contributed by atoms with Crippen LogP contribution in [0.5, 0.6) is 11.5 Å². The van der Waals surface area contributed by atoms with Crippen LogP contribution in [0.2, 0.25) is 0 Å². The van der Waals surface area contributed by atoms with Crippen molar-refractivity contribution in [2.45, 2.75) is 6.61 Å². The molecule has 10 nitrogen and oxygen atoms in total. The Kier molecular flexibility index (Phi) is 8.32. The standard InChI is InChI=1S/C26H20IN3O7S/c1-29-24(31)22(38-26(29)28-18-5-3-4-17(13-18)25(32)33)12-16-10-20(27)23(21(11-16)36-2)37-14-15-6-8-19(9-7-15)30(34)35/h3-13H,14H2,1-2H3,(H,32,33). The maximum Gasteiger partial charge on any atom is 0.335 e. The Morgan fingerprint density at radius 3 is 2.61 bits per heavy atom. The second-order valence-electron chi connectivity index (χ2n) is 7.97. The molecule has 1 aliphatic heterocycles. The number of amides is 1. The van der Waals surface area contributed by atoms with Gasteiger partial charge in [-0.15, -0.1) is 0 Å².